The zero-order valence-electron chi connectivity index (χ0n) is 16.9. The Morgan fingerprint density at radius 1 is 1.16 bits per heavy atom. The van der Waals surface area contributed by atoms with Crippen LogP contribution >= 0.6 is 11.3 Å². The van der Waals surface area contributed by atoms with Gasteiger partial charge in [0.25, 0.3) is 17.4 Å². The van der Waals surface area contributed by atoms with Crippen LogP contribution in [0.1, 0.15) is 43.2 Å². The molecule has 9 heteroatoms. The Bertz CT molecular complexity index is 1220. The van der Waals surface area contributed by atoms with Gasteiger partial charge in [-0.05, 0) is 12.5 Å². The van der Waals surface area contributed by atoms with Gasteiger partial charge in [-0.25, -0.2) is 4.98 Å². The molecule has 158 valence electrons. The lowest BCUT2D eigenvalue weighted by atomic mass is 9.99. The minimum Gasteiger partial charge on any atom is -0.348 e. The van der Waals surface area contributed by atoms with Crippen LogP contribution in [0.15, 0.2) is 46.7 Å². The van der Waals surface area contributed by atoms with Crippen molar-refractivity contribution in [3.8, 4) is 0 Å². The van der Waals surface area contributed by atoms with Crippen molar-refractivity contribution in [2.45, 2.75) is 25.9 Å². The van der Waals surface area contributed by atoms with E-state index >= 15 is 0 Å². The standard InChI is InChI=1S/C22H21N5O3S/c1-13-24-18(12-31-13)22(30)27-9-15-8-26-11-17(21(29)25-19(26)16(15)10-27)20(28)23-7-14-5-3-2-4-6-14/h2-6,11-12,15-16H,7-10H2,1H3,(H,23,28)/t15-,16+/m0/s1. The second kappa shape index (κ2) is 7.73. The van der Waals surface area contributed by atoms with E-state index in [9.17, 15) is 14.4 Å². The van der Waals surface area contributed by atoms with Crippen LogP contribution in [0.25, 0.3) is 0 Å². The highest BCUT2D eigenvalue weighted by Crippen LogP contribution is 2.38. The fourth-order valence-corrected chi connectivity index (χ4v) is 4.95. The molecule has 0 bridgehead atoms. The third kappa shape index (κ3) is 3.65. The Morgan fingerprint density at radius 2 is 1.97 bits per heavy atom. The summed E-state index contributed by atoms with van der Waals surface area (Å²) in [5, 5.41) is 5.43. The molecule has 2 aliphatic heterocycles. The molecule has 0 unspecified atom stereocenters. The molecule has 1 aromatic carbocycles. The van der Waals surface area contributed by atoms with Gasteiger partial charge in [-0.1, -0.05) is 30.3 Å². The van der Waals surface area contributed by atoms with Crippen LogP contribution in [0, 0.1) is 12.8 Å². The minimum absolute atomic E-state index is 0.00203. The molecule has 2 amide bonds. The van der Waals surface area contributed by atoms with E-state index in [1.807, 2.05) is 41.8 Å². The molecule has 1 fully saturated rings. The van der Waals surface area contributed by atoms with Crippen LogP contribution in [0.3, 0.4) is 0 Å². The Hall–Kier alpha value is -3.33. The highest BCUT2D eigenvalue weighted by molar-refractivity contribution is 7.09. The van der Waals surface area contributed by atoms with E-state index in [0.29, 0.717) is 37.7 Å². The molecule has 3 aromatic rings. The van der Waals surface area contributed by atoms with Crippen LogP contribution < -0.4 is 10.9 Å². The summed E-state index contributed by atoms with van der Waals surface area (Å²) in [5.41, 5.74) is 0.945. The van der Waals surface area contributed by atoms with Crippen molar-refractivity contribution in [3.05, 3.63) is 79.9 Å². The van der Waals surface area contributed by atoms with E-state index in [1.54, 1.807) is 16.5 Å². The van der Waals surface area contributed by atoms with Crippen molar-refractivity contribution in [2.75, 3.05) is 13.1 Å². The van der Waals surface area contributed by atoms with E-state index in [0.717, 1.165) is 10.6 Å². The average molecular weight is 436 g/mol. The summed E-state index contributed by atoms with van der Waals surface area (Å²) in [6.07, 6.45) is 1.61. The maximum absolute atomic E-state index is 12.7. The van der Waals surface area contributed by atoms with Gasteiger partial charge in [0.2, 0.25) is 0 Å². The number of nitrogens with zero attached hydrogens (tertiary/aromatic N) is 4. The van der Waals surface area contributed by atoms with Gasteiger partial charge < -0.3 is 14.8 Å². The maximum atomic E-state index is 12.7. The monoisotopic (exact) mass is 435 g/mol. The molecule has 5 rings (SSSR count). The van der Waals surface area contributed by atoms with E-state index in [4.69, 9.17) is 0 Å². The zero-order valence-corrected chi connectivity index (χ0v) is 17.8. The van der Waals surface area contributed by atoms with Crippen LogP contribution in [0.2, 0.25) is 0 Å². The SMILES string of the molecule is Cc1nc(C(=O)N2C[C@@H]3Cn4cc(C(=O)NCc5ccccc5)c(=O)nc4[C@@H]3C2)cs1. The molecule has 1 N–H and O–H groups in total. The van der Waals surface area contributed by atoms with Crippen LogP contribution in [0.5, 0.6) is 0 Å². The molecule has 2 aromatic heterocycles. The fraction of sp³-hybridized carbons (Fsp3) is 0.318. The minimum atomic E-state index is -0.530. The summed E-state index contributed by atoms with van der Waals surface area (Å²) >= 11 is 1.46. The van der Waals surface area contributed by atoms with Crippen molar-refractivity contribution in [1.82, 2.24) is 24.8 Å². The van der Waals surface area contributed by atoms with Gasteiger partial charge in [0.05, 0.1) is 5.01 Å². The lowest BCUT2D eigenvalue weighted by Gasteiger charge is -2.17. The van der Waals surface area contributed by atoms with Gasteiger partial charge in [0.1, 0.15) is 17.1 Å². The molecule has 0 saturated carbocycles. The Balaban J connectivity index is 1.31. The van der Waals surface area contributed by atoms with Gasteiger partial charge in [0.15, 0.2) is 0 Å². The highest BCUT2D eigenvalue weighted by atomic mass is 32.1. The molecular weight excluding hydrogens is 414 g/mol. The van der Waals surface area contributed by atoms with Crippen molar-refractivity contribution in [1.29, 1.82) is 0 Å². The first-order valence-electron chi connectivity index (χ1n) is 10.1. The van der Waals surface area contributed by atoms with Crippen LogP contribution in [0.4, 0.5) is 0 Å². The molecule has 0 aliphatic carbocycles. The van der Waals surface area contributed by atoms with Crippen molar-refractivity contribution < 1.29 is 9.59 Å². The molecular formula is C22H21N5O3S. The normalized spacial score (nSPS) is 19.2. The van der Waals surface area contributed by atoms with E-state index in [-0.39, 0.29) is 23.3 Å². The van der Waals surface area contributed by atoms with Crippen LogP contribution in [-0.4, -0.2) is 44.3 Å². The Kier molecular flexibility index (Phi) is 4.90. The zero-order chi connectivity index (χ0) is 21.5. The topological polar surface area (TPSA) is 97.2 Å². The number of benzene rings is 1. The second-order valence-electron chi connectivity index (χ2n) is 7.97. The highest BCUT2D eigenvalue weighted by Gasteiger charge is 2.43. The number of thiazole rings is 1. The lowest BCUT2D eigenvalue weighted by Crippen LogP contribution is -2.33. The molecule has 2 atom stereocenters. The molecule has 0 radical (unpaired) electrons. The number of aryl methyl sites for hydroxylation is 1. The van der Waals surface area contributed by atoms with Crippen molar-refractivity contribution >= 4 is 23.2 Å². The molecule has 4 heterocycles. The number of carbonyl (C=O) groups is 2. The molecule has 8 nitrogen and oxygen atoms in total. The van der Waals surface area contributed by atoms with Gasteiger partial charge >= 0.3 is 0 Å². The third-order valence-corrected chi connectivity index (χ3v) is 6.67. The van der Waals surface area contributed by atoms with Gasteiger partial charge in [-0.3, -0.25) is 14.4 Å². The lowest BCUT2D eigenvalue weighted by molar-refractivity contribution is 0.0778. The van der Waals surface area contributed by atoms with Gasteiger partial charge in [-0.15, -0.1) is 11.3 Å². The molecule has 0 spiro atoms. The number of carbonyl (C=O) groups excluding carboxylic acids is 2. The number of hydrogen-bond acceptors (Lipinski definition) is 6. The largest absolute Gasteiger partial charge is 0.348 e. The average Bonchev–Trinajstić information content (AvgIpc) is 3.46. The molecule has 2 aliphatic rings. The maximum Gasteiger partial charge on any atom is 0.285 e. The summed E-state index contributed by atoms with van der Waals surface area (Å²) in [6.45, 7) is 3.95. The van der Waals surface area contributed by atoms with E-state index in [1.165, 1.54) is 11.3 Å². The summed E-state index contributed by atoms with van der Waals surface area (Å²) in [4.78, 5) is 48.2. The first-order valence-corrected chi connectivity index (χ1v) is 11.0. The molecule has 31 heavy (non-hydrogen) atoms. The third-order valence-electron chi connectivity index (χ3n) is 5.90. The smallest absolute Gasteiger partial charge is 0.285 e. The second-order valence-corrected chi connectivity index (χ2v) is 9.03. The number of rotatable bonds is 4. The van der Waals surface area contributed by atoms with Crippen molar-refractivity contribution in [2.24, 2.45) is 5.92 Å². The van der Waals surface area contributed by atoms with E-state index in [2.05, 4.69) is 15.3 Å². The summed E-state index contributed by atoms with van der Waals surface area (Å²) in [7, 11) is 0. The van der Waals surface area contributed by atoms with Gasteiger partial charge in [0, 0.05) is 49.6 Å². The fourth-order valence-electron chi connectivity index (χ4n) is 4.37. The summed E-state index contributed by atoms with van der Waals surface area (Å²) in [6, 6.07) is 9.53. The number of amides is 2. The number of likely N-dealkylation sites (tertiary alicyclic amines) is 1. The van der Waals surface area contributed by atoms with Crippen LogP contribution in [-0.2, 0) is 13.1 Å². The quantitative estimate of drug-likeness (QED) is 0.674. The van der Waals surface area contributed by atoms with E-state index < -0.39 is 11.5 Å². The van der Waals surface area contributed by atoms with Crippen molar-refractivity contribution in [3.63, 3.8) is 0 Å². The number of nitrogens with one attached hydrogen (secondary N) is 1. The first-order chi connectivity index (χ1) is 15.0. The summed E-state index contributed by atoms with van der Waals surface area (Å²) < 4.78 is 1.89. The Morgan fingerprint density at radius 3 is 2.71 bits per heavy atom. The molecule has 1 saturated heterocycles. The predicted molar refractivity (Wildman–Crippen MR) is 115 cm³/mol. The number of hydrogen-bond donors (Lipinski definition) is 1. The predicted octanol–water partition coefficient (Wildman–Crippen LogP) is 1.81. The first kappa shape index (κ1) is 19.6. The van der Waals surface area contributed by atoms with Gasteiger partial charge in [-0.2, -0.15) is 4.98 Å². The number of fused-ring (bicyclic) bond motifs is 3. The Labute approximate surface area is 182 Å². The summed E-state index contributed by atoms with van der Waals surface area (Å²) in [5.74, 6) is 0.323. The number of aromatic nitrogens is 3.